The van der Waals surface area contributed by atoms with Crippen LogP contribution in [0.2, 0.25) is 0 Å². The first-order valence-corrected chi connectivity index (χ1v) is 13.2. The Morgan fingerprint density at radius 3 is 1.20 bits per heavy atom. The van der Waals surface area contributed by atoms with E-state index in [1.54, 1.807) is 0 Å². The van der Waals surface area contributed by atoms with Crippen molar-refractivity contribution in [2.24, 2.45) is 0 Å². The highest BCUT2D eigenvalue weighted by Crippen LogP contribution is 2.35. The summed E-state index contributed by atoms with van der Waals surface area (Å²) >= 11 is 0. The molecule has 18 heteroatoms. The molecule has 10 atom stereocenters. The van der Waals surface area contributed by atoms with Crippen molar-refractivity contribution in [3.63, 3.8) is 0 Å². The molecule has 2 fully saturated rings. The van der Waals surface area contributed by atoms with E-state index < -0.39 is 116 Å². The van der Waals surface area contributed by atoms with Crippen LogP contribution >= 0.6 is 0 Å². The lowest BCUT2D eigenvalue weighted by Crippen LogP contribution is -2.66. The van der Waals surface area contributed by atoms with Crippen LogP contribution < -0.4 is 0 Å². The van der Waals surface area contributed by atoms with E-state index in [0.717, 1.165) is 48.5 Å². The van der Waals surface area contributed by atoms with Crippen molar-refractivity contribution >= 4 is 41.8 Å². The summed E-state index contributed by atoms with van der Waals surface area (Å²) in [5, 5.41) is 0. The minimum Gasteiger partial charge on any atom is -0.463 e. The molecule has 248 valence electrons. The summed E-state index contributed by atoms with van der Waals surface area (Å²) in [6, 6.07) is 0. The number of ether oxygens (including phenoxy) is 10. The van der Waals surface area contributed by atoms with Crippen molar-refractivity contribution < 1.29 is 85.3 Å². The van der Waals surface area contributed by atoms with Gasteiger partial charge in [0.2, 0.25) is 6.36 Å². The van der Waals surface area contributed by atoms with Crippen LogP contribution in [-0.2, 0) is 80.9 Å². The minimum atomic E-state index is -2.49. The van der Waals surface area contributed by atoms with Crippen LogP contribution in [0.4, 0.5) is 4.39 Å². The predicted molar refractivity (Wildman–Crippen MR) is 134 cm³/mol. The molecule has 0 unspecified atom stereocenters. The highest BCUT2D eigenvalue weighted by Gasteiger charge is 2.57. The molecule has 17 nitrogen and oxygen atoms in total. The third-order valence-corrected chi connectivity index (χ3v) is 5.87. The maximum Gasteiger partial charge on any atom is 0.303 e. The summed E-state index contributed by atoms with van der Waals surface area (Å²) in [6.45, 7) is 5.89. The fraction of sp³-hybridized carbons (Fsp3) is 0.731. The number of hydrogen-bond donors (Lipinski definition) is 0. The first kappa shape index (κ1) is 36.3. The van der Waals surface area contributed by atoms with Crippen LogP contribution in [0.1, 0.15) is 48.5 Å². The quantitative estimate of drug-likeness (QED) is 0.207. The Hall–Kier alpha value is -3.90. The van der Waals surface area contributed by atoms with Gasteiger partial charge in [-0.3, -0.25) is 33.6 Å². The third-order valence-electron chi connectivity index (χ3n) is 5.87. The van der Waals surface area contributed by atoms with Crippen molar-refractivity contribution in [3.8, 4) is 0 Å². The molecule has 0 amide bonds. The zero-order valence-electron chi connectivity index (χ0n) is 25.0. The Labute approximate surface area is 250 Å². The van der Waals surface area contributed by atoms with Gasteiger partial charge in [-0.25, -0.2) is 4.39 Å². The van der Waals surface area contributed by atoms with Gasteiger partial charge in [0.15, 0.2) is 42.9 Å². The van der Waals surface area contributed by atoms with Crippen LogP contribution in [0.15, 0.2) is 0 Å². The monoisotopic (exact) mass is 638 g/mol. The number of esters is 7. The van der Waals surface area contributed by atoms with E-state index in [0.29, 0.717) is 0 Å². The average molecular weight is 639 g/mol. The fourth-order valence-electron chi connectivity index (χ4n) is 4.46. The van der Waals surface area contributed by atoms with Gasteiger partial charge in [0.25, 0.3) is 0 Å². The molecule has 0 N–H and O–H groups in total. The number of carbonyl (C=O) groups excluding carboxylic acids is 7. The maximum absolute atomic E-state index is 15.7. The number of alkyl halides is 1. The van der Waals surface area contributed by atoms with E-state index in [-0.39, 0.29) is 0 Å². The molecule has 0 radical (unpaired) electrons. The molecule has 0 spiro atoms. The summed E-state index contributed by atoms with van der Waals surface area (Å²) in [5.74, 6) is -6.20. The van der Waals surface area contributed by atoms with Crippen molar-refractivity contribution in [1.29, 1.82) is 0 Å². The predicted octanol–water partition coefficient (Wildman–Crippen LogP) is -0.424. The Balaban J connectivity index is 2.59. The average Bonchev–Trinajstić information content (AvgIpc) is 2.87. The molecular formula is C26H35FO17. The number of halogens is 1. The molecule has 0 aromatic carbocycles. The van der Waals surface area contributed by atoms with Gasteiger partial charge in [0.05, 0.1) is 0 Å². The third kappa shape index (κ3) is 10.7. The van der Waals surface area contributed by atoms with Crippen molar-refractivity contribution in [1.82, 2.24) is 0 Å². The van der Waals surface area contributed by atoms with Crippen LogP contribution in [0.25, 0.3) is 0 Å². The zero-order valence-corrected chi connectivity index (χ0v) is 25.0. The summed E-state index contributed by atoms with van der Waals surface area (Å²) < 4.78 is 68.8. The summed E-state index contributed by atoms with van der Waals surface area (Å²) in [6.07, 6.45) is -17.6. The molecule has 2 aliphatic rings. The van der Waals surface area contributed by atoms with Gasteiger partial charge in [-0.05, 0) is 0 Å². The van der Waals surface area contributed by atoms with E-state index >= 15 is 4.39 Å². The first-order valence-electron chi connectivity index (χ1n) is 13.2. The molecule has 0 aliphatic carbocycles. The Bertz CT molecular complexity index is 1090. The van der Waals surface area contributed by atoms with Gasteiger partial charge in [-0.2, -0.15) is 0 Å². The Kier molecular flexibility index (Phi) is 13.4. The lowest BCUT2D eigenvalue weighted by Gasteiger charge is -2.47. The van der Waals surface area contributed by atoms with Crippen molar-refractivity contribution in [2.45, 2.75) is 110 Å². The van der Waals surface area contributed by atoms with E-state index in [9.17, 15) is 33.6 Å². The van der Waals surface area contributed by atoms with E-state index in [1.165, 1.54) is 0 Å². The fourth-order valence-corrected chi connectivity index (χ4v) is 4.46. The number of rotatable bonds is 11. The minimum absolute atomic E-state index is 0.605. The molecule has 0 aromatic rings. The maximum atomic E-state index is 15.7. The van der Waals surface area contributed by atoms with E-state index in [4.69, 9.17) is 47.4 Å². The molecule has 2 heterocycles. The zero-order chi connectivity index (χ0) is 33.3. The van der Waals surface area contributed by atoms with Gasteiger partial charge in [-0.15, -0.1) is 0 Å². The second kappa shape index (κ2) is 16.2. The molecule has 44 heavy (non-hydrogen) atoms. The van der Waals surface area contributed by atoms with Crippen molar-refractivity contribution in [2.75, 3.05) is 13.2 Å². The second-order valence-electron chi connectivity index (χ2n) is 9.64. The highest BCUT2D eigenvalue weighted by atomic mass is 19.1. The van der Waals surface area contributed by atoms with E-state index in [1.807, 2.05) is 0 Å². The van der Waals surface area contributed by atoms with Crippen LogP contribution in [-0.4, -0.2) is 116 Å². The largest absolute Gasteiger partial charge is 0.463 e. The molecule has 0 aromatic heterocycles. The van der Waals surface area contributed by atoms with Crippen LogP contribution in [0, 0.1) is 0 Å². The molecule has 2 aliphatic heterocycles. The smallest absolute Gasteiger partial charge is 0.303 e. The standard InChI is InChI=1S/C26H35FO17/c1-10(28)35-8-17-19(37-12(3)30)21(39-14(5)32)23(25(27)42-17)44-26-24(41-16(7)34)22(40-15(6)33)20(38-13(4)31)18(43-26)9-36-11(2)29/h17-26H,8-9H2,1-7H3/t17-,18-,19-,20-,21+,22+,23+,24+,25+,26-/m1/s1. The molecule has 2 rings (SSSR count). The van der Waals surface area contributed by atoms with Gasteiger partial charge >= 0.3 is 41.8 Å². The van der Waals surface area contributed by atoms with Gasteiger partial charge in [0.1, 0.15) is 25.4 Å². The summed E-state index contributed by atoms with van der Waals surface area (Å²) in [7, 11) is 0. The van der Waals surface area contributed by atoms with E-state index in [2.05, 4.69) is 0 Å². The summed E-state index contributed by atoms with van der Waals surface area (Å²) in [5.41, 5.74) is 0. The van der Waals surface area contributed by atoms with Crippen LogP contribution in [0.3, 0.4) is 0 Å². The Morgan fingerprint density at radius 2 is 0.818 bits per heavy atom. The Morgan fingerprint density at radius 1 is 0.477 bits per heavy atom. The molecule has 0 bridgehead atoms. The topological polar surface area (TPSA) is 212 Å². The normalized spacial score (nSPS) is 31.5. The molecule has 2 saturated heterocycles. The summed E-state index contributed by atoms with van der Waals surface area (Å²) in [4.78, 5) is 83.1. The molecular weight excluding hydrogens is 603 g/mol. The van der Waals surface area contributed by atoms with Crippen LogP contribution in [0.5, 0.6) is 0 Å². The van der Waals surface area contributed by atoms with Gasteiger partial charge < -0.3 is 47.4 Å². The number of hydrogen-bond acceptors (Lipinski definition) is 17. The van der Waals surface area contributed by atoms with Gasteiger partial charge in [-0.1, -0.05) is 0 Å². The lowest BCUT2D eigenvalue weighted by atomic mass is 9.96. The van der Waals surface area contributed by atoms with Crippen molar-refractivity contribution in [3.05, 3.63) is 0 Å². The first-order chi connectivity index (χ1) is 20.5. The highest BCUT2D eigenvalue weighted by molar-refractivity contribution is 5.69. The molecule has 0 saturated carbocycles. The second-order valence-corrected chi connectivity index (χ2v) is 9.64. The number of carbonyl (C=O) groups is 7. The van der Waals surface area contributed by atoms with Gasteiger partial charge in [0, 0.05) is 48.5 Å². The lowest BCUT2D eigenvalue weighted by molar-refractivity contribution is -0.354. The SMILES string of the molecule is CC(=O)OC[C@H]1O[C@H](O[C@H]2[C@@H](OC(C)=O)[C@H](OC(C)=O)[C@@H](COC(C)=O)O[C@@H]2F)[C@@H](OC(C)=O)[C@@H](OC(C)=O)[C@@H]1OC(C)=O.